The number of hydrogen-bond donors (Lipinski definition) is 1. The lowest BCUT2D eigenvalue weighted by Gasteiger charge is -2.15. The fourth-order valence-electron chi connectivity index (χ4n) is 9.83. The van der Waals surface area contributed by atoms with Gasteiger partial charge < -0.3 is 14.6 Å². The molecule has 0 aromatic heterocycles. The molecule has 78 heavy (non-hydrogen) atoms. The Balaban J connectivity index is 3.47. The Hall–Kier alpha value is -3.18. The standard InChI is InChI=1S/C73H128O5/c1-3-5-7-9-11-13-15-17-19-21-23-25-27-29-31-33-35-36-38-39-41-43-45-47-49-51-53-55-57-59-61-63-65-67-72(75)77-70-71(69-74)78-73(76)68-66-64-62-60-58-56-54-52-50-48-46-44-42-40-37-34-32-30-28-26-24-22-20-18-16-14-12-10-8-6-4-2/h6,8,12,14,18,20-21,23-24,26,30,32,37,40,44,46,71,74H,3-5,7,9-11,13,15-17,19,22,25,27-29,31,33-36,38-39,41-43,45,47-70H2,1-2H3/b8-6-,14-12-,20-18-,23-21-,26-24-,32-30-,40-37-,46-44-. The summed E-state index contributed by atoms with van der Waals surface area (Å²) in [7, 11) is 0. The maximum atomic E-state index is 12.4. The molecule has 1 atom stereocenters. The van der Waals surface area contributed by atoms with Gasteiger partial charge >= 0.3 is 11.9 Å². The number of allylic oxidation sites excluding steroid dienone is 16. The molecule has 0 aliphatic carbocycles. The van der Waals surface area contributed by atoms with Crippen LogP contribution < -0.4 is 0 Å². The number of carbonyl (C=O) groups excluding carboxylic acids is 2. The van der Waals surface area contributed by atoms with Gasteiger partial charge in [-0.05, 0) is 96.3 Å². The molecule has 0 aliphatic heterocycles. The van der Waals surface area contributed by atoms with Gasteiger partial charge in [0.25, 0.3) is 0 Å². The van der Waals surface area contributed by atoms with Crippen LogP contribution in [-0.4, -0.2) is 36.4 Å². The van der Waals surface area contributed by atoms with Gasteiger partial charge in [-0.3, -0.25) is 9.59 Å². The minimum Gasteiger partial charge on any atom is -0.462 e. The van der Waals surface area contributed by atoms with E-state index in [9.17, 15) is 14.7 Å². The first kappa shape index (κ1) is 74.8. The first-order valence-electron chi connectivity index (χ1n) is 33.8. The SMILES string of the molecule is CC/C=C\C/C=C\C/C=C\C/C=C\C/C=C\C/C=C\C/C=C\CCCCCCCCCCCC(=O)OC(CO)COC(=O)CCCCCCCCCCCCCCCCCCCCCCC/C=C\CCCCCCCCCC. The summed E-state index contributed by atoms with van der Waals surface area (Å²) in [6, 6.07) is 0. The van der Waals surface area contributed by atoms with E-state index in [0.717, 1.165) is 89.9 Å². The smallest absolute Gasteiger partial charge is 0.306 e. The summed E-state index contributed by atoms with van der Waals surface area (Å²) < 4.78 is 10.7. The molecule has 0 radical (unpaired) electrons. The molecule has 1 N–H and O–H groups in total. The summed E-state index contributed by atoms with van der Waals surface area (Å²) in [6.07, 6.45) is 97.1. The fourth-order valence-corrected chi connectivity index (χ4v) is 9.83. The van der Waals surface area contributed by atoms with Crippen molar-refractivity contribution in [2.24, 2.45) is 0 Å². The Kier molecular flexibility index (Phi) is 65.3. The van der Waals surface area contributed by atoms with Gasteiger partial charge in [0.05, 0.1) is 6.61 Å². The molecule has 0 fully saturated rings. The minimum atomic E-state index is -0.781. The first-order valence-corrected chi connectivity index (χ1v) is 33.8. The normalized spacial score (nSPS) is 12.8. The Morgan fingerprint density at radius 3 is 0.846 bits per heavy atom. The van der Waals surface area contributed by atoms with Gasteiger partial charge in [0, 0.05) is 12.8 Å². The van der Waals surface area contributed by atoms with E-state index in [2.05, 4.69) is 111 Å². The van der Waals surface area contributed by atoms with E-state index in [1.165, 1.54) is 218 Å². The highest BCUT2D eigenvalue weighted by Crippen LogP contribution is 2.17. The molecular formula is C73H128O5. The van der Waals surface area contributed by atoms with Gasteiger partial charge in [0.1, 0.15) is 6.61 Å². The Bertz CT molecular complexity index is 1460. The fraction of sp³-hybridized carbons (Fsp3) is 0.753. The van der Waals surface area contributed by atoms with E-state index in [1.54, 1.807) is 0 Å². The molecule has 0 saturated heterocycles. The van der Waals surface area contributed by atoms with Gasteiger partial charge in [-0.25, -0.2) is 0 Å². The van der Waals surface area contributed by atoms with Crippen LogP contribution in [0.1, 0.15) is 335 Å². The van der Waals surface area contributed by atoms with Crippen LogP contribution in [0.25, 0.3) is 0 Å². The van der Waals surface area contributed by atoms with Gasteiger partial charge in [0.15, 0.2) is 6.10 Å². The molecule has 1 unspecified atom stereocenters. The van der Waals surface area contributed by atoms with Crippen LogP contribution in [0.5, 0.6) is 0 Å². The third kappa shape index (κ3) is 65.3. The van der Waals surface area contributed by atoms with Crippen LogP contribution in [0.15, 0.2) is 97.2 Å². The molecule has 0 aliphatic rings. The average molecular weight is 1090 g/mol. The molecule has 0 aromatic carbocycles. The highest BCUT2D eigenvalue weighted by Gasteiger charge is 2.16. The number of rotatable bonds is 62. The second-order valence-corrected chi connectivity index (χ2v) is 22.5. The van der Waals surface area contributed by atoms with E-state index >= 15 is 0 Å². The number of esters is 2. The van der Waals surface area contributed by atoms with Crippen LogP contribution >= 0.6 is 0 Å². The molecular weight excluding hydrogens is 957 g/mol. The van der Waals surface area contributed by atoms with Gasteiger partial charge in [-0.1, -0.05) is 323 Å². The number of carbonyl (C=O) groups is 2. The Labute approximate surface area is 485 Å². The van der Waals surface area contributed by atoms with Crippen molar-refractivity contribution in [1.29, 1.82) is 0 Å². The molecule has 5 heteroatoms. The van der Waals surface area contributed by atoms with Crippen molar-refractivity contribution in [2.45, 2.75) is 341 Å². The molecule has 0 heterocycles. The summed E-state index contributed by atoms with van der Waals surface area (Å²) >= 11 is 0. The highest BCUT2D eigenvalue weighted by molar-refractivity contribution is 5.70. The lowest BCUT2D eigenvalue weighted by Crippen LogP contribution is -2.28. The lowest BCUT2D eigenvalue weighted by atomic mass is 10.0. The average Bonchev–Trinajstić information content (AvgIpc) is 3.44. The van der Waals surface area contributed by atoms with E-state index in [0.29, 0.717) is 12.8 Å². The Morgan fingerprint density at radius 2 is 0.551 bits per heavy atom. The quantitative estimate of drug-likeness (QED) is 0.0373. The molecule has 5 nitrogen and oxygen atoms in total. The number of hydrogen-bond acceptors (Lipinski definition) is 5. The molecule has 0 rings (SSSR count). The molecule has 0 saturated carbocycles. The maximum absolute atomic E-state index is 12.4. The van der Waals surface area contributed by atoms with Crippen molar-refractivity contribution in [1.82, 2.24) is 0 Å². The van der Waals surface area contributed by atoms with Crippen molar-refractivity contribution in [2.75, 3.05) is 13.2 Å². The monoisotopic (exact) mass is 1080 g/mol. The zero-order valence-electron chi connectivity index (χ0n) is 51.7. The van der Waals surface area contributed by atoms with E-state index in [1.807, 2.05) is 0 Å². The molecule has 0 spiro atoms. The Morgan fingerprint density at radius 1 is 0.308 bits per heavy atom. The third-order valence-corrected chi connectivity index (χ3v) is 14.9. The van der Waals surface area contributed by atoms with E-state index < -0.39 is 6.10 Å². The van der Waals surface area contributed by atoms with Crippen molar-refractivity contribution < 1.29 is 24.2 Å². The van der Waals surface area contributed by atoms with Gasteiger partial charge in [-0.2, -0.15) is 0 Å². The predicted octanol–water partition coefficient (Wildman–Crippen LogP) is 23.4. The number of unbranched alkanes of at least 4 members (excludes halogenated alkanes) is 38. The van der Waals surface area contributed by atoms with E-state index in [-0.39, 0.29) is 25.2 Å². The molecule has 0 aromatic rings. The van der Waals surface area contributed by atoms with Crippen LogP contribution in [0.2, 0.25) is 0 Å². The highest BCUT2D eigenvalue weighted by atomic mass is 16.6. The van der Waals surface area contributed by atoms with Crippen LogP contribution in [0.3, 0.4) is 0 Å². The van der Waals surface area contributed by atoms with Crippen LogP contribution in [0, 0.1) is 0 Å². The minimum absolute atomic E-state index is 0.0694. The van der Waals surface area contributed by atoms with Gasteiger partial charge in [0.2, 0.25) is 0 Å². The zero-order valence-corrected chi connectivity index (χ0v) is 51.7. The van der Waals surface area contributed by atoms with Crippen LogP contribution in [0.4, 0.5) is 0 Å². The van der Waals surface area contributed by atoms with Crippen LogP contribution in [-0.2, 0) is 19.1 Å². The molecule has 0 bridgehead atoms. The summed E-state index contributed by atoms with van der Waals surface area (Å²) in [4.78, 5) is 24.6. The maximum Gasteiger partial charge on any atom is 0.306 e. The van der Waals surface area contributed by atoms with Crippen molar-refractivity contribution in [3.8, 4) is 0 Å². The van der Waals surface area contributed by atoms with Crippen molar-refractivity contribution in [3.05, 3.63) is 97.2 Å². The number of aliphatic hydroxyl groups excluding tert-OH is 1. The first-order chi connectivity index (χ1) is 38.6. The topological polar surface area (TPSA) is 72.8 Å². The van der Waals surface area contributed by atoms with Crippen molar-refractivity contribution >= 4 is 11.9 Å². The number of aliphatic hydroxyl groups is 1. The third-order valence-electron chi connectivity index (χ3n) is 14.9. The summed E-state index contributed by atoms with van der Waals surface area (Å²) in [5, 5.41) is 9.69. The molecule has 0 amide bonds. The number of ether oxygens (including phenoxy) is 2. The largest absolute Gasteiger partial charge is 0.462 e. The van der Waals surface area contributed by atoms with Gasteiger partial charge in [-0.15, -0.1) is 0 Å². The predicted molar refractivity (Wildman–Crippen MR) is 343 cm³/mol. The second-order valence-electron chi connectivity index (χ2n) is 22.5. The summed E-state index contributed by atoms with van der Waals surface area (Å²) in [5.41, 5.74) is 0. The summed E-state index contributed by atoms with van der Waals surface area (Å²) in [6.45, 7) is 4.06. The van der Waals surface area contributed by atoms with E-state index in [4.69, 9.17) is 9.47 Å². The summed E-state index contributed by atoms with van der Waals surface area (Å²) in [5.74, 6) is -0.588. The van der Waals surface area contributed by atoms with Crippen molar-refractivity contribution in [3.63, 3.8) is 0 Å². The second kappa shape index (κ2) is 68.1. The lowest BCUT2D eigenvalue weighted by molar-refractivity contribution is -0.161. The molecule has 450 valence electrons. The zero-order chi connectivity index (χ0) is 56.2.